The number of ketones is 1. The highest BCUT2D eigenvalue weighted by molar-refractivity contribution is 7.12. The first-order chi connectivity index (χ1) is 13.9. The lowest BCUT2D eigenvalue weighted by Crippen LogP contribution is -2.28. The normalized spacial score (nSPS) is 18.8. The number of hydrogen-bond donors (Lipinski definition) is 2. The summed E-state index contributed by atoms with van der Waals surface area (Å²) in [6.07, 6.45) is 6.55. The number of carbonyl (C=O) groups excluding carboxylic acids is 3. The second-order valence-electron chi connectivity index (χ2n) is 7.43. The molecule has 2 aromatic heterocycles. The number of amides is 2. The smallest absolute Gasteiger partial charge is 0.269 e. The van der Waals surface area contributed by atoms with Gasteiger partial charge in [-0.05, 0) is 68.5 Å². The summed E-state index contributed by atoms with van der Waals surface area (Å²) < 4.78 is 0. The molecule has 0 unspecified atom stereocenters. The number of hydrogen-bond acceptors (Lipinski definition) is 5. The molecule has 0 radical (unpaired) electrons. The Hall–Kier alpha value is -2.25. The van der Waals surface area contributed by atoms with Crippen molar-refractivity contribution < 1.29 is 14.4 Å². The maximum atomic E-state index is 12.7. The Bertz CT molecular complexity index is 874. The molecule has 0 aliphatic heterocycles. The van der Waals surface area contributed by atoms with E-state index in [1.165, 1.54) is 17.5 Å². The van der Waals surface area contributed by atoms with Crippen LogP contribution in [0.1, 0.15) is 55.1 Å². The number of carbonyl (C=O) groups is 3. The molecule has 6 nitrogen and oxygen atoms in total. The number of Topliss-reactive ketones (excluding diaryl/α,β-unsaturated/α-hetero) is 1. The Morgan fingerprint density at radius 3 is 2.55 bits per heavy atom. The van der Waals surface area contributed by atoms with E-state index in [1.807, 2.05) is 0 Å². The van der Waals surface area contributed by atoms with Gasteiger partial charge in [-0.1, -0.05) is 11.6 Å². The maximum Gasteiger partial charge on any atom is 0.269 e. The van der Waals surface area contributed by atoms with E-state index in [1.54, 1.807) is 30.5 Å². The summed E-state index contributed by atoms with van der Waals surface area (Å²) in [6.45, 7) is 1.62. The molecule has 8 heteroatoms. The highest BCUT2D eigenvalue weighted by Gasteiger charge is 2.27. The monoisotopic (exact) mass is 433 g/mol. The fraction of sp³-hybridized carbons (Fsp3) is 0.429. The molecule has 0 atom stereocenters. The SMILES string of the molecule is CC(=O)CCC1CCC(C(=O)Nc2ccsc2C(=O)Nc2ccc(Cl)cn2)CC1. The van der Waals surface area contributed by atoms with Crippen molar-refractivity contribution >= 4 is 52.0 Å². The van der Waals surface area contributed by atoms with Gasteiger partial charge in [-0.2, -0.15) is 0 Å². The van der Waals surface area contributed by atoms with Gasteiger partial charge in [0, 0.05) is 18.5 Å². The van der Waals surface area contributed by atoms with Gasteiger partial charge in [0.1, 0.15) is 16.5 Å². The van der Waals surface area contributed by atoms with E-state index >= 15 is 0 Å². The third-order valence-corrected chi connectivity index (χ3v) is 6.36. The van der Waals surface area contributed by atoms with Crippen LogP contribution < -0.4 is 10.6 Å². The third-order valence-electron chi connectivity index (χ3n) is 5.22. The van der Waals surface area contributed by atoms with Crippen LogP contribution in [0.3, 0.4) is 0 Å². The van der Waals surface area contributed by atoms with Gasteiger partial charge in [0.05, 0.1) is 10.7 Å². The average molecular weight is 434 g/mol. The third kappa shape index (κ3) is 6.11. The molecule has 2 heterocycles. The molecule has 2 aromatic rings. The zero-order valence-electron chi connectivity index (χ0n) is 16.2. The minimum Gasteiger partial charge on any atom is -0.324 e. The highest BCUT2D eigenvalue weighted by atomic mass is 35.5. The summed E-state index contributed by atoms with van der Waals surface area (Å²) in [7, 11) is 0. The van der Waals surface area contributed by atoms with Gasteiger partial charge in [-0.3, -0.25) is 9.59 Å². The summed E-state index contributed by atoms with van der Waals surface area (Å²) in [5.41, 5.74) is 0.519. The van der Waals surface area contributed by atoms with E-state index in [0.717, 1.165) is 32.1 Å². The maximum absolute atomic E-state index is 12.7. The summed E-state index contributed by atoms with van der Waals surface area (Å²) in [6, 6.07) is 5.01. The predicted octanol–water partition coefficient (Wildman–Crippen LogP) is 5.16. The Balaban J connectivity index is 1.54. The van der Waals surface area contributed by atoms with E-state index in [2.05, 4.69) is 15.6 Å². The molecule has 1 aliphatic carbocycles. The molecular formula is C21H24ClN3O3S. The Labute approximate surface area is 179 Å². The first-order valence-corrected chi connectivity index (χ1v) is 11.0. The number of aromatic nitrogens is 1. The molecule has 2 N–H and O–H groups in total. The van der Waals surface area contributed by atoms with Crippen molar-refractivity contribution in [2.45, 2.75) is 45.4 Å². The average Bonchev–Trinajstić information content (AvgIpc) is 3.16. The van der Waals surface area contributed by atoms with Crippen molar-refractivity contribution in [3.63, 3.8) is 0 Å². The van der Waals surface area contributed by atoms with Gasteiger partial charge in [-0.25, -0.2) is 4.98 Å². The van der Waals surface area contributed by atoms with Crippen LogP contribution in [0.4, 0.5) is 11.5 Å². The van der Waals surface area contributed by atoms with Gasteiger partial charge in [0.25, 0.3) is 5.91 Å². The van der Waals surface area contributed by atoms with Crippen LogP contribution in [0.25, 0.3) is 0 Å². The van der Waals surface area contributed by atoms with Crippen LogP contribution >= 0.6 is 22.9 Å². The van der Waals surface area contributed by atoms with Gasteiger partial charge >= 0.3 is 0 Å². The summed E-state index contributed by atoms with van der Waals surface area (Å²) in [5, 5.41) is 7.90. The lowest BCUT2D eigenvalue weighted by Gasteiger charge is -2.27. The number of anilines is 2. The van der Waals surface area contributed by atoms with Crippen LogP contribution in [0.2, 0.25) is 5.02 Å². The van der Waals surface area contributed by atoms with Gasteiger partial charge in [0.2, 0.25) is 5.91 Å². The molecule has 1 fully saturated rings. The van der Waals surface area contributed by atoms with Gasteiger partial charge in [-0.15, -0.1) is 11.3 Å². The molecule has 1 saturated carbocycles. The lowest BCUT2D eigenvalue weighted by molar-refractivity contribution is -0.121. The number of nitrogens with one attached hydrogen (secondary N) is 2. The number of rotatable bonds is 7. The number of halogens is 1. The topological polar surface area (TPSA) is 88.2 Å². The molecule has 0 spiro atoms. The van der Waals surface area contributed by atoms with Crippen LogP contribution in [0.15, 0.2) is 29.8 Å². The van der Waals surface area contributed by atoms with E-state index in [4.69, 9.17) is 11.6 Å². The second kappa shape index (κ2) is 9.98. The molecule has 29 heavy (non-hydrogen) atoms. The Kier molecular flexibility index (Phi) is 7.39. The quantitative estimate of drug-likeness (QED) is 0.630. The zero-order valence-corrected chi connectivity index (χ0v) is 17.8. The summed E-state index contributed by atoms with van der Waals surface area (Å²) >= 11 is 7.07. The molecule has 2 amide bonds. The van der Waals surface area contributed by atoms with Gasteiger partial charge < -0.3 is 15.4 Å². The lowest BCUT2D eigenvalue weighted by atomic mass is 9.79. The van der Waals surface area contributed by atoms with Gasteiger partial charge in [0.15, 0.2) is 0 Å². The second-order valence-corrected chi connectivity index (χ2v) is 8.78. The number of pyridine rings is 1. The van der Waals surface area contributed by atoms with Crippen LogP contribution in [-0.2, 0) is 9.59 Å². The fourth-order valence-electron chi connectivity index (χ4n) is 3.56. The first-order valence-electron chi connectivity index (χ1n) is 9.73. The molecule has 0 aromatic carbocycles. The summed E-state index contributed by atoms with van der Waals surface area (Å²) in [5.74, 6) is 0.718. The van der Waals surface area contributed by atoms with Crippen LogP contribution in [0.5, 0.6) is 0 Å². The van der Waals surface area contributed by atoms with Crippen LogP contribution in [-0.4, -0.2) is 22.6 Å². The molecule has 0 saturated heterocycles. The predicted molar refractivity (Wildman–Crippen MR) is 116 cm³/mol. The first kappa shape index (κ1) is 21.5. The van der Waals surface area contributed by atoms with Crippen molar-refractivity contribution in [2.75, 3.05) is 10.6 Å². The molecule has 154 valence electrons. The van der Waals surface area contributed by atoms with Crippen molar-refractivity contribution in [2.24, 2.45) is 11.8 Å². The zero-order chi connectivity index (χ0) is 20.8. The van der Waals surface area contributed by atoms with Crippen molar-refractivity contribution in [1.29, 1.82) is 0 Å². The minimum absolute atomic E-state index is 0.0490. The Morgan fingerprint density at radius 2 is 1.90 bits per heavy atom. The van der Waals surface area contributed by atoms with E-state index in [9.17, 15) is 14.4 Å². The fourth-order valence-corrected chi connectivity index (χ4v) is 4.42. The molecule has 3 rings (SSSR count). The molecule has 1 aliphatic rings. The van der Waals surface area contributed by atoms with Crippen LogP contribution in [0, 0.1) is 11.8 Å². The highest BCUT2D eigenvalue weighted by Crippen LogP contribution is 2.33. The van der Waals surface area contributed by atoms with E-state index in [0.29, 0.717) is 33.7 Å². The van der Waals surface area contributed by atoms with Crippen molar-refractivity contribution in [1.82, 2.24) is 4.98 Å². The minimum atomic E-state index is -0.321. The standard InChI is InChI=1S/C21H24ClN3O3S/c1-13(26)2-3-14-4-6-15(7-5-14)20(27)24-17-10-11-29-19(17)21(28)25-18-9-8-16(22)12-23-18/h8-12,14-15H,2-7H2,1H3,(H,24,27)(H,23,25,28). The van der Waals surface area contributed by atoms with E-state index < -0.39 is 0 Å². The number of nitrogens with zero attached hydrogens (tertiary/aromatic N) is 1. The molecule has 0 bridgehead atoms. The number of thiophene rings is 1. The Morgan fingerprint density at radius 1 is 1.14 bits per heavy atom. The summed E-state index contributed by atoms with van der Waals surface area (Å²) in [4.78, 5) is 40.9. The van der Waals surface area contributed by atoms with Crippen molar-refractivity contribution in [3.05, 3.63) is 39.7 Å². The molecular weight excluding hydrogens is 410 g/mol. The largest absolute Gasteiger partial charge is 0.324 e. The van der Waals surface area contributed by atoms with Crippen molar-refractivity contribution in [3.8, 4) is 0 Å². The van der Waals surface area contributed by atoms with E-state index in [-0.39, 0.29) is 23.5 Å².